The number of phenolic OH excluding ortho intramolecular Hbond substituents is 1. The Labute approximate surface area is 108 Å². The van der Waals surface area contributed by atoms with E-state index < -0.39 is 5.60 Å². The second-order valence-electron chi connectivity index (χ2n) is 4.50. The summed E-state index contributed by atoms with van der Waals surface area (Å²) in [4.78, 5) is 10.5. The van der Waals surface area contributed by atoms with Crippen molar-refractivity contribution in [2.24, 2.45) is 0 Å². The molecule has 0 amide bonds. The molecule has 0 saturated carbocycles. The number of rotatable bonds is 2. The first-order valence-electron chi connectivity index (χ1n) is 5.56. The standard InChI is InChI=1S/C8H8O.C7H12O2/c1-2-7-5-3-4-6-8(7)9;1-5-6(8)9-7(2,3)4/h2-6,9H,1H2;5H,1H2,2-4H3. The van der Waals surface area contributed by atoms with Gasteiger partial charge in [-0.15, -0.1) is 0 Å². The molecule has 0 fully saturated rings. The first-order valence-corrected chi connectivity index (χ1v) is 5.56. The number of hydrogen-bond acceptors (Lipinski definition) is 3. The van der Waals surface area contributed by atoms with E-state index in [9.17, 15) is 4.79 Å². The molecule has 1 aromatic carbocycles. The highest BCUT2D eigenvalue weighted by Gasteiger charge is 2.12. The molecule has 18 heavy (non-hydrogen) atoms. The first kappa shape index (κ1) is 16.0. The summed E-state index contributed by atoms with van der Waals surface area (Å²) in [6.07, 6.45) is 2.78. The van der Waals surface area contributed by atoms with Gasteiger partial charge < -0.3 is 9.84 Å². The van der Waals surface area contributed by atoms with E-state index in [1.807, 2.05) is 32.9 Å². The van der Waals surface area contributed by atoms with Crippen molar-refractivity contribution >= 4 is 12.0 Å². The lowest BCUT2D eigenvalue weighted by molar-refractivity contribution is -0.148. The van der Waals surface area contributed by atoms with Crippen LogP contribution in [0.4, 0.5) is 0 Å². The smallest absolute Gasteiger partial charge is 0.330 e. The van der Waals surface area contributed by atoms with Crippen molar-refractivity contribution in [3.63, 3.8) is 0 Å². The van der Waals surface area contributed by atoms with E-state index in [2.05, 4.69) is 13.2 Å². The molecule has 3 heteroatoms. The number of benzene rings is 1. The Morgan fingerprint density at radius 2 is 1.83 bits per heavy atom. The zero-order valence-corrected chi connectivity index (χ0v) is 11.1. The van der Waals surface area contributed by atoms with E-state index >= 15 is 0 Å². The average molecular weight is 248 g/mol. The topological polar surface area (TPSA) is 46.5 Å². The maximum atomic E-state index is 10.5. The number of hydrogen-bond donors (Lipinski definition) is 1. The number of aromatic hydroxyl groups is 1. The van der Waals surface area contributed by atoms with Crippen LogP contribution in [0.3, 0.4) is 0 Å². The van der Waals surface area contributed by atoms with Crippen molar-refractivity contribution in [2.45, 2.75) is 26.4 Å². The highest BCUT2D eigenvalue weighted by molar-refractivity contribution is 5.81. The molecule has 0 aliphatic heterocycles. The Balaban J connectivity index is 0.000000321. The van der Waals surface area contributed by atoms with E-state index in [0.717, 1.165) is 11.6 Å². The van der Waals surface area contributed by atoms with Crippen molar-refractivity contribution in [2.75, 3.05) is 0 Å². The van der Waals surface area contributed by atoms with Crippen molar-refractivity contribution < 1.29 is 14.6 Å². The minimum absolute atomic E-state index is 0.285. The quantitative estimate of drug-likeness (QED) is 0.643. The summed E-state index contributed by atoms with van der Waals surface area (Å²) in [5, 5.41) is 9.04. The highest BCUT2D eigenvalue weighted by atomic mass is 16.6. The summed E-state index contributed by atoms with van der Waals surface area (Å²) in [6.45, 7) is 12.2. The van der Waals surface area contributed by atoms with E-state index in [4.69, 9.17) is 9.84 Å². The maximum absolute atomic E-state index is 10.5. The van der Waals surface area contributed by atoms with Gasteiger partial charge in [-0.2, -0.15) is 0 Å². The Morgan fingerprint density at radius 3 is 2.11 bits per heavy atom. The second kappa shape index (κ2) is 7.33. The van der Waals surface area contributed by atoms with Gasteiger partial charge in [-0.05, 0) is 26.8 Å². The Hall–Kier alpha value is -2.03. The van der Waals surface area contributed by atoms with Gasteiger partial charge in [-0.1, -0.05) is 37.4 Å². The van der Waals surface area contributed by atoms with E-state index in [0.29, 0.717) is 0 Å². The minimum Gasteiger partial charge on any atom is -0.507 e. The molecule has 0 spiro atoms. The number of phenols is 1. The molecule has 3 nitrogen and oxygen atoms in total. The molecular formula is C15H20O3. The lowest BCUT2D eigenvalue weighted by Crippen LogP contribution is -2.22. The third-order valence-electron chi connectivity index (χ3n) is 1.73. The Bertz CT molecular complexity index is 414. The van der Waals surface area contributed by atoms with Crippen molar-refractivity contribution in [3.05, 3.63) is 49.1 Å². The van der Waals surface area contributed by atoms with Crippen LogP contribution in [0.5, 0.6) is 5.75 Å². The molecule has 0 heterocycles. The molecule has 0 atom stereocenters. The number of esters is 1. The average Bonchev–Trinajstić information content (AvgIpc) is 2.28. The summed E-state index contributed by atoms with van der Waals surface area (Å²) in [7, 11) is 0. The molecule has 0 aromatic heterocycles. The largest absolute Gasteiger partial charge is 0.507 e. The van der Waals surface area contributed by atoms with Gasteiger partial charge in [0.2, 0.25) is 0 Å². The van der Waals surface area contributed by atoms with Gasteiger partial charge in [0.15, 0.2) is 0 Å². The molecular weight excluding hydrogens is 228 g/mol. The summed E-state index contributed by atoms with van der Waals surface area (Å²) in [5.74, 6) is -0.0880. The van der Waals surface area contributed by atoms with Gasteiger partial charge in [0.05, 0.1) is 0 Å². The van der Waals surface area contributed by atoms with E-state index in [1.165, 1.54) is 0 Å². The summed E-state index contributed by atoms with van der Waals surface area (Å²) < 4.78 is 4.83. The fraction of sp³-hybridized carbons (Fsp3) is 0.267. The summed E-state index contributed by atoms with van der Waals surface area (Å²) in [5.41, 5.74) is 0.378. The van der Waals surface area contributed by atoms with Crippen LogP contribution in [0.1, 0.15) is 26.3 Å². The molecule has 1 N–H and O–H groups in total. The molecule has 0 radical (unpaired) electrons. The fourth-order valence-electron chi connectivity index (χ4n) is 1.00. The normalized spacial score (nSPS) is 9.72. The van der Waals surface area contributed by atoms with Crippen molar-refractivity contribution in [3.8, 4) is 5.75 Å². The van der Waals surface area contributed by atoms with Crippen LogP contribution in [0.25, 0.3) is 6.08 Å². The molecule has 1 aromatic rings. The Kier molecular flexibility index (Phi) is 6.50. The molecule has 0 aliphatic carbocycles. The van der Waals surface area contributed by atoms with Gasteiger partial charge in [-0.25, -0.2) is 4.79 Å². The van der Waals surface area contributed by atoms with Crippen molar-refractivity contribution in [1.29, 1.82) is 0 Å². The third-order valence-corrected chi connectivity index (χ3v) is 1.73. The van der Waals surface area contributed by atoms with Gasteiger partial charge in [0.1, 0.15) is 11.4 Å². The number of para-hydroxylation sites is 1. The predicted molar refractivity (Wildman–Crippen MR) is 74.2 cm³/mol. The number of carbonyl (C=O) groups excluding carboxylic acids is 1. The van der Waals surface area contributed by atoms with Crippen LogP contribution >= 0.6 is 0 Å². The molecule has 98 valence electrons. The van der Waals surface area contributed by atoms with Crippen LogP contribution in [0.2, 0.25) is 0 Å². The van der Waals surface area contributed by atoms with Gasteiger partial charge >= 0.3 is 5.97 Å². The van der Waals surface area contributed by atoms with Crippen LogP contribution in [-0.4, -0.2) is 16.7 Å². The second-order valence-corrected chi connectivity index (χ2v) is 4.50. The summed E-state index contributed by atoms with van der Waals surface area (Å²) >= 11 is 0. The minimum atomic E-state index is -0.398. The number of carbonyl (C=O) groups is 1. The monoisotopic (exact) mass is 248 g/mol. The number of ether oxygens (including phenoxy) is 1. The lowest BCUT2D eigenvalue weighted by Gasteiger charge is -2.17. The molecule has 0 bridgehead atoms. The van der Waals surface area contributed by atoms with Crippen molar-refractivity contribution in [1.82, 2.24) is 0 Å². The third kappa shape index (κ3) is 7.28. The van der Waals surface area contributed by atoms with E-state index in [1.54, 1.807) is 18.2 Å². The van der Waals surface area contributed by atoms with Gasteiger partial charge in [0.25, 0.3) is 0 Å². The van der Waals surface area contributed by atoms with Gasteiger partial charge in [0, 0.05) is 11.6 Å². The lowest BCUT2D eigenvalue weighted by atomic mass is 10.2. The van der Waals surface area contributed by atoms with E-state index in [-0.39, 0.29) is 11.7 Å². The molecule has 1 rings (SSSR count). The SMILES string of the molecule is C=CC(=O)OC(C)(C)C.C=Cc1ccccc1O. The fourth-order valence-corrected chi connectivity index (χ4v) is 1.00. The van der Waals surface area contributed by atoms with Gasteiger partial charge in [-0.3, -0.25) is 0 Å². The highest BCUT2D eigenvalue weighted by Crippen LogP contribution is 2.15. The molecule has 0 aliphatic rings. The zero-order chi connectivity index (χ0) is 14.2. The Morgan fingerprint density at radius 1 is 1.28 bits per heavy atom. The maximum Gasteiger partial charge on any atom is 0.330 e. The predicted octanol–water partition coefficient (Wildman–Crippen LogP) is 3.55. The van der Waals surface area contributed by atoms with Crippen LogP contribution in [0.15, 0.2) is 43.5 Å². The zero-order valence-electron chi connectivity index (χ0n) is 11.1. The van der Waals surface area contributed by atoms with Crippen LogP contribution in [0, 0.1) is 0 Å². The molecule has 0 saturated heterocycles. The summed E-state index contributed by atoms with van der Waals surface area (Å²) in [6, 6.07) is 7.08. The molecule has 0 unspecified atom stereocenters. The van der Waals surface area contributed by atoms with Crippen LogP contribution in [-0.2, 0) is 9.53 Å². The van der Waals surface area contributed by atoms with Crippen LogP contribution < -0.4 is 0 Å². The first-order chi connectivity index (χ1) is 8.30.